The second-order valence-corrected chi connectivity index (χ2v) is 4.91. The van der Waals surface area contributed by atoms with Crippen molar-refractivity contribution in [3.63, 3.8) is 0 Å². The summed E-state index contributed by atoms with van der Waals surface area (Å²) in [6, 6.07) is 10.5. The number of hydrogen-bond acceptors (Lipinski definition) is 3. The molecule has 0 aliphatic carbocycles. The van der Waals surface area contributed by atoms with Crippen molar-refractivity contribution in [1.29, 1.82) is 0 Å². The van der Waals surface area contributed by atoms with Gasteiger partial charge in [-0.25, -0.2) is 0 Å². The third kappa shape index (κ3) is 5.75. The Labute approximate surface area is 115 Å². The summed E-state index contributed by atoms with van der Waals surface area (Å²) in [5.74, 6) is 0.392. The molecule has 1 atom stereocenters. The van der Waals surface area contributed by atoms with Crippen molar-refractivity contribution in [2.24, 2.45) is 16.8 Å². The molecule has 106 valence electrons. The van der Waals surface area contributed by atoms with E-state index in [9.17, 15) is 0 Å². The van der Waals surface area contributed by atoms with E-state index in [-0.39, 0.29) is 5.92 Å². The summed E-state index contributed by atoms with van der Waals surface area (Å²) in [6.07, 6.45) is 2.22. The lowest BCUT2D eigenvalue weighted by Crippen LogP contribution is -2.35. The predicted octanol–water partition coefficient (Wildman–Crippen LogP) is 2.32. The molecular weight excluding hydrogens is 238 g/mol. The summed E-state index contributed by atoms with van der Waals surface area (Å²) in [6.45, 7) is 6.98. The van der Waals surface area contributed by atoms with Gasteiger partial charge in [-0.2, -0.15) is 0 Å². The molecule has 1 aromatic carbocycles. The van der Waals surface area contributed by atoms with Gasteiger partial charge in [0.25, 0.3) is 0 Å². The molecule has 0 aliphatic heterocycles. The van der Waals surface area contributed by atoms with Gasteiger partial charge in [-0.05, 0) is 31.5 Å². The van der Waals surface area contributed by atoms with Crippen LogP contribution in [0.2, 0.25) is 0 Å². The first-order chi connectivity index (χ1) is 9.17. The first-order valence-electron chi connectivity index (χ1n) is 6.91. The molecule has 0 amide bonds. The fourth-order valence-corrected chi connectivity index (χ4v) is 2.11. The average Bonchev–Trinajstić information content (AvgIpc) is 2.46. The molecule has 0 spiro atoms. The van der Waals surface area contributed by atoms with Gasteiger partial charge in [-0.1, -0.05) is 49.3 Å². The molecule has 4 nitrogen and oxygen atoms in total. The van der Waals surface area contributed by atoms with Crippen molar-refractivity contribution in [2.75, 3.05) is 19.6 Å². The molecule has 0 aliphatic rings. The van der Waals surface area contributed by atoms with Gasteiger partial charge in [0.2, 0.25) is 0 Å². The number of aryl methyl sites for hydroxylation is 1. The molecule has 3 N–H and O–H groups in total. The van der Waals surface area contributed by atoms with Crippen LogP contribution in [0.5, 0.6) is 0 Å². The van der Waals surface area contributed by atoms with E-state index in [1.54, 1.807) is 0 Å². The van der Waals surface area contributed by atoms with Crippen LogP contribution in [0.3, 0.4) is 0 Å². The van der Waals surface area contributed by atoms with Crippen LogP contribution >= 0.6 is 0 Å². The quantitative estimate of drug-likeness (QED) is 0.327. The summed E-state index contributed by atoms with van der Waals surface area (Å²) in [5, 5.41) is 11.7. The van der Waals surface area contributed by atoms with Crippen molar-refractivity contribution in [2.45, 2.75) is 26.7 Å². The van der Waals surface area contributed by atoms with Crippen LogP contribution in [0.4, 0.5) is 0 Å². The van der Waals surface area contributed by atoms with Crippen LogP contribution in [0.1, 0.15) is 25.8 Å². The first kappa shape index (κ1) is 15.5. The van der Waals surface area contributed by atoms with Crippen molar-refractivity contribution in [1.82, 2.24) is 4.90 Å². The molecule has 1 rings (SSSR count). The number of hydrogen-bond donors (Lipinski definition) is 2. The van der Waals surface area contributed by atoms with Crippen molar-refractivity contribution < 1.29 is 5.21 Å². The SMILES string of the molecule is CCN(CCCc1ccccc1)CC(C)/C(N)=N/O. The number of oxime groups is 1. The largest absolute Gasteiger partial charge is 0.409 e. The monoisotopic (exact) mass is 263 g/mol. The second kappa shape index (κ2) is 8.53. The zero-order valence-corrected chi connectivity index (χ0v) is 11.9. The lowest BCUT2D eigenvalue weighted by atomic mass is 10.1. The molecule has 0 saturated heterocycles. The maximum absolute atomic E-state index is 8.66. The summed E-state index contributed by atoms with van der Waals surface area (Å²) < 4.78 is 0. The van der Waals surface area contributed by atoms with Gasteiger partial charge < -0.3 is 15.8 Å². The smallest absolute Gasteiger partial charge is 0.143 e. The van der Waals surface area contributed by atoms with E-state index in [1.807, 2.05) is 13.0 Å². The number of rotatable bonds is 8. The topological polar surface area (TPSA) is 61.8 Å². The Morgan fingerprint density at radius 2 is 2.05 bits per heavy atom. The Morgan fingerprint density at radius 1 is 1.37 bits per heavy atom. The van der Waals surface area contributed by atoms with E-state index in [0.717, 1.165) is 32.5 Å². The maximum Gasteiger partial charge on any atom is 0.143 e. The van der Waals surface area contributed by atoms with Crippen molar-refractivity contribution in [3.05, 3.63) is 35.9 Å². The third-order valence-electron chi connectivity index (χ3n) is 3.38. The van der Waals surface area contributed by atoms with Crippen LogP contribution in [0.15, 0.2) is 35.5 Å². The Hall–Kier alpha value is -1.55. The van der Waals surface area contributed by atoms with Crippen LogP contribution < -0.4 is 5.73 Å². The number of amidine groups is 1. The highest BCUT2D eigenvalue weighted by molar-refractivity contribution is 5.82. The summed E-state index contributed by atoms with van der Waals surface area (Å²) in [7, 11) is 0. The van der Waals surface area contributed by atoms with Gasteiger partial charge >= 0.3 is 0 Å². The maximum atomic E-state index is 8.66. The van der Waals surface area contributed by atoms with E-state index in [4.69, 9.17) is 10.9 Å². The van der Waals surface area contributed by atoms with Crippen LogP contribution in [-0.2, 0) is 6.42 Å². The predicted molar refractivity (Wildman–Crippen MR) is 79.4 cm³/mol. The molecule has 0 aromatic heterocycles. The first-order valence-corrected chi connectivity index (χ1v) is 6.91. The molecule has 0 bridgehead atoms. The molecule has 4 heteroatoms. The summed E-state index contributed by atoms with van der Waals surface area (Å²) in [4.78, 5) is 2.34. The fourth-order valence-electron chi connectivity index (χ4n) is 2.11. The third-order valence-corrected chi connectivity index (χ3v) is 3.38. The number of nitrogens with zero attached hydrogens (tertiary/aromatic N) is 2. The molecule has 0 fully saturated rings. The van der Waals surface area contributed by atoms with Gasteiger partial charge in [0.15, 0.2) is 0 Å². The van der Waals surface area contributed by atoms with Crippen LogP contribution in [-0.4, -0.2) is 35.6 Å². The van der Waals surface area contributed by atoms with Gasteiger partial charge in [-0.15, -0.1) is 0 Å². The number of benzene rings is 1. The molecule has 19 heavy (non-hydrogen) atoms. The van der Waals surface area contributed by atoms with Gasteiger partial charge in [0.05, 0.1) is 0 Å². The Bertz CT molecular complexity index is 378. The van der Waals surface area contributed by atoms with Crippen molar-refractivity contribution >= 4 is 5.84 Å². The van der Waals surface area contributed by atoms with E-state index in [0.29, 0.717) is 5.84 Å². The molecule has 1 unspecified atom stereocenters. The van der Waals surface area contributed by atoms with E-state index in [1.165, 1.54) is 5.56 Å². The molecule has 0 heterocycles. The standard InChI is InChI=1S/C15H25N3O/c1-3-18(12-13(2)15(16)17-19)11-7-10-14-8-5-4-6-9-14/h4-6,8-9,13,19H,3,7,10-12H2,1-2H3,(H2,16,17). The summed E-state index contributed by atoms with van der Waals surface area (Å²) in [5.41, 5.74) is 6.99. The lowest BCUT2D eigenvalue weighted by Gasteiger charge is -2.23. The minimum Gasteiger partial charge on any atom is -0.409 e. The normalized spacial score (nSPS) is 13.7. The highest BCUT2D eigenvalue weighted by Gasteiger charge is 2.12. The van der Waals surface area contributed by atoms with Gasteiger partial charge in [0.1, 0.15) is 5.84 Å². The highest BCUT2D eigenvalue weighted by atomic mass is 16.4. The second-order valence-electron chi connectivity index (χ2n) is 4.91. The molecular formula is C15H25N3O. The Morgan fingerprint density at radius 3 is 2.63 bits per heavy atom. The zero-order valence-electron chi connectivity index (χ0n) is 11.9. The fraction of sp³-hybridized carbons (Fsp3) is 0.533. The van der Waals surface area contributed by atoms with E-state index < -0.39 is 0 Å². The van der Waals surface area contributed by atoms with E-state index >= 15 is 0 Å². The Balaban J connectivity index is 2.33. The minimum atomic E-state index is 0.0849. The van der Waals surface area contributed by atoms with Gasteiger partial charge in [-0.3, -0.25) is 0 Å². The van der Waals surface area contributed by atoms with E-state index in [2.05, 4.69) is 41.2 Å². The zero-order chi connectivity index (χ0) is 14.1. The average molecular weight is 263 g/mol. The molecule has 1 aromatic rings. The minimum absolute atomic E-state index is 0.0849. The van der Waals surface area contributed by atoms with Gasteiger partial charge in [0, 0.05) is 12.5 Å². The Kier molecular flexibility index (Phi) is 6.97. The number of nitrogens with two attached hydrogens (primary N) is 1. The van der Waals surface area contributed by atoms with Crippen LogP contribution in [0.25, 0.3) is 0 Å². The van der Waals surface area contributed by atoms with Crippen LogP contribution in [0, 0.1) is 5.92 Å². The van der Waals surface area contributed by atoms with Crippen molar-refractivity contribution in [3.8, 4) is 0 Å². The summed E-state index contributed by atoms with van der Waals surface area (Å²) >= 11 is 0. The molecule has 0 radical (unpaired) electrons. The molecule has 0 saturated carbocycles. The lowest BCUT2D eigenvalue weighted by molar-refractivity contribution is 0.262. The highest BCUT2D eigenvalue weighted by Crippen LogP contribution is 2.06.